The van der Waals surface area contributed by atoms with Crippen LogP contribution >= 0.6 is 0 Å². The fraction of sp³-hybridized carbons (Fsp3) is 0.545. The molecule has 0 bridgehead atoms. The molecule has 2 rings (SSSR count). The van der Waals surface area contributed by atoms with Crippen LogP contribution in [0.25, 0.3) is 0 Å². The van der Waals surface area contributed by atoms with E-state index in [1.165, 1.54) is 0 Å². The summed E-state index contributed by atoms with van der Waals surface area (Å²) in [4.78, 5) is 11.3. The van der Waals surface area contributed by atoms with Crippen molar-refractivity contribution in [2.75, 3.05) is 6.61 Å². The minimum Gasteiger partial charge on any atom is -0.465 e. The Balaban J connectivity index is 2.30. The molecule has 2 nitrogen and oxygen atoms in total. The van der Waals surface area contributed by atoms with Gasteiger partial charge in [-0.15, -0.1) is 12.3 Å². The zero-order valence-corrected chi connectivity index (χ0v) is 7.51. The van der Waals surface area contributed by atoms with Gasteiger partial charge in [0.05, 0.1) is 12.5 Å². The van der Waals surface area contributed by atoms with Gasteiger partial charge in [-0.05, 0) is 12.8 Å². The van der Waals surface area contributed by atoms with Gasteiger partial charge >= 0.3 is 5.97 Å². The molecule has 0 aromatic heterocycles. The molecular weight excluding hydrogens is 164 g/mol. The predicted octanol–water partition coefficient (Wildman–Crippen LogP) is 1.52. The van der Waals surface area contributed by atoms with E-state index >= 15 is 0 Å². The summed E-state index contributed by atoms with van der Waals surface area (Å²) in [6, 6.07) is 0. The van der Waals surface area contributed by atoms with Crippen LogP contribution < -0.4 is 0 Å². The van der Waals surface area contributed by atoms with Gasteiger partial charge in [-0.25, -0.2) is 0 Å². The zero-order valence-electron chi connectivity index (χ0n) is 7.51. The van der Waals surface area contributed by atoms with Crippen molar-refractivity contribution in [3.63, 3.8) is 0 Å². The first kappa shape index (κ1) is 8.37. The van der Waals surface area contributed by atoms with E-state index in [1.807, 2.05) is 0 Å². The summed E-state index contributed by atoms with van der Waals surface area (Å²) in [5, 5.41) is 0. The number of hydrogen-bond acceptors (Lipinski definition) is 2. The Hall–Kier alpha value is -1.23. The highest BCUT2D eigenvalue weighted by Gasteiger charge is 2.53. The molecule has 1 heterocycles. The van der Waals surface area contributed by atoms with E-state index in [2.05, 4.69) is 12.5 Å². The number of carbonyl (C=O) groups excluding carboxylic acids is 1. The van der Waals surface area contributed by atoms with Gasteiger partial charge in [0.1, 0.15) is 0 Å². The molecule has 1 aliphatic heterocycles. The molecule has 0 amide bonds. The van der Waals surface area contributed by atoms with E-state index in [9.17, 15) is 4.79 Å². The standard InChI is InChI=1S/C11H12O2/c1-3-4-11-6-8(2)5-9(11)10(12)13-7-11/h1,9H,2,4-7H2/t9-,11+/m0/s1. The number of rotatable bonds is 1. The van der Waals surface area contributed by atoms with Crippen LogP contribution in [0.4, 0.5) is 0 Å². The highest BCUT2D eigenvalue weighted by atomic mass is 16.5. The zero-order chi connectivity index (χ0) is 9.47. The van der Waals surface area contributed by atoms with Crippen molar-refractivity contribution in [3.05, 3.63) is 12.2 Å². The van der Waals surface area contributed by atoms with E-state index in [1.54, 1.807) is 0 Å². The van der Waals surface area contributed by atoms with Crippen molar-refractivity contribution >= 4 is 5.97 Å². The van der Waals surface area contributed by atoms with Gasteiger partial charge in [-0.2, -0.15) is 0 Å². The van der Waals surface area contributed by atoms with Crippen LogP contribution in [-0.4, -0.2) is 12.6 Å². The van der Waals surface area contributed by atoms with Gasteiger partial charge in [0.25, 0.3) is 0 Å². The second-order valence-electron chi connectivity index (χ2n) is 4.03. The molecule has 1 saturated heterocycles. The highest BCUT2D eigenvalue weighted by Crippen LogP contribution is 2.52. The van der Waals surface area contributed by atoms with Gasteiger partial charge in [0.15, 0.2) is 0 Å². The molecule has 0 radical (unpaired) electrons. The average Bonchev–Trinajstić information content (AvgIpc) is 2.51. The Morgan fingerprint density at radius 3 is 3.23 bits per heavy atom. The van der Waals surface area contributed by atoms with Crippen LogP contribution in [0.1, 0.15) is 19.3 Å². The third kappa shape index (κ3) is 1.07. The smallest absolute Gasteiger partial charge is 0.310 e. The number of hydrogen-bond donors (Lipinski definition) is 0. The van der Waals surface area contributed by atoms with Crippen molar-refractivity contribution in [3.8, 4) is 12.3 Å². The Morgan fingerprint density at radius 1 is 1.77 bits per heavy atom. The van der Waals surface area contributed by atoms with E-state index in [4.69, 9.17) is 11.2 Å². The van der Waals surface area contributed by atoms with Crippen LogP contribution in [0.2, 0.25) is 0 Å². The summed E-state index contributed by atoms with van der Waals surface area (Å²) in [5.74, 6) is 2.53. The maximum Gasteiger partial charge on any atom is 0.310 e. The maximum atomic E-state index is 11.3. The lowest BCUT2D eigenvalue weighted by Crippen LogP contribution is -2.24. The summed E-state index contributed by atoms with van der Waals surface area (Å²) in [5.41, 5.74) is 1.03. The molecule has 68 valence electrons. The summed E-state index contributed by atoms with van der Waals surface area (Å²) in [6.45, 7) is 4.41. The molecule has 0 spiro atoms. The second-order valence-corrected chi connectivity index (χ2v) is 4.03. The van der Waals surface area contributed by atoms with Gasteiger partial charge in [-0.3, -0.25) is 4.79 Å². The van der Waals surface area contributed by atoms with Crippen LogP contribution in [0, 0.1) is 23.7 Å². The van der Waals surface area contributed by atoms with Crippen LogP contribution in [-0.2, 0) is 9.53 Å². The quantitative estimate of drug-likeness (QED) is 0.344. The van der Waals surface area contributed by atoms with Crippen LogP contribution in [0.3, 0.4) is 0 Å². The molecule has 13 heavy (non-hydrogen) atoms. The molecule has 2 fully saturated rings. The Labute approximate surface area is 78.0 Å². The largest absolute Gasteiger partial charge is 0.465 e. The first-order valence-electron chi connectivity index (χ1n) is 4.45. The van der Waals surface area contributed by atoms with Crippen molar-refractivity contribution in [1.82, 2.24) is 0 Å². The van der Waals surface area contributed by atoms with E-state index in [0.717, 1.165) is 18.4 Å². The SMILES string of the molecule is C#CC[C@@]12COC(=O)[C@@H]1CC(=C)C2. The normalized spacial score (nSPS) is 37.0. The topological polar surface area (TPSA) is 26.3 Å². The number of terminal acetylenes is 1. The Kier molecular flexibility index (Phi) is 1.69. The van der Waals surface area contributed by atoms with E-state index in [0.29, 0.717) is 13.0 Å². The molecule has 2 atom stereocenters. The summed E-state index contributed by atoms with van der Waals surface area (Å²) in [6.07, 6.45) is 7.55. The number of esters is 1. The van der Waals surface area contributed by atoms with Gasteiger partial charge in [0, 0.05) is 11.8 Å². The molecule has 0 aromatic rings. The van der Waals surface area contributed by atoms with E-state index in [-0.39, 0.29) is 17.3 Å². The number of allylic oxidation sites excluding steroid dienone is 1. The highest BCUT2D eigenvalue weighted by molar-refractivity contribution is 5.77. The van der Waals surface area contributed by atoms with Crippen molar-refractivity contribution in [1.29, 1.82) is 0 Å². The first-order chi connectivity index (χ1) is 6.18. The fourth-order valence-corrected chi connectivity index (χ4v) is 2.44. The summed E-state index contributed by atoms with van der Waals surface area (Å²) >= 11 is 0. The molecule has 0 aromatic carbocycles. The molecule has 2 aliphatic rings. The number of cyclic esters (lactones) is 1. The number of carbonyl (C=O) groups is 1. The maximum absolute atomic E-state index is 11.3. The Morgan fingerprint density at radius 2 is 2.54 bits per heavy atom. The second kappa shape index (κ2) is 2.63. The lowest BCUT2D eigenvalue weighted by Gasteiger charge is -2.21. The number of ether oxygens (including phenoxy) is 1. The molecule has 1 saturated carbocycles. The van der Waals surface area contributed by atoms with Gasteiger partial charge < -0.3 is 4.74 Å². The monoisotopic (exact) mass is 176 g/mol. The van der Waals surface area contributed by atoms with Crippen molar-refractivity contribution < 1.29 is 9.53 Å². The first-order valence-corrected chi connectivity index (χ1v) is 4.45. The molecule has 0 N–H and O–H groups in total. The average molecular weight is 176 g/mol. The molecular formula is C11H12O2. The van der Waals surface area contributed by atoms with Gasteiger partial charge in [0.2, 0.25) is 0 Å². The fourth-order valence-electron chi connectivity index (χ4n) is 2.44. The minimum atomic E-state index is -0.108. The summed E-state index contributed by atoms with van der Waals surface area (Å²) in [7, 11) is 0. The molecule has 0 unspecified atom stereocenters. The van der Waals surface area contributed by atoms with Gasteiger partial charge in [-0.1, -0.05) is 12.2 Å². The lowest BCUT2D eigenvalue weighted by molar-refractivity contribution is -0.141. The third-order valence-corrected chi connectivity index (χ3v) is 3.07. The predicted molar refractivity (Wildman–Crippen MR) is 48.7 cm³/mol. The van der Waals surface area contributed by atoms with Crippen molar-refractivity contribution in [2.45, 2.75) is 19.3 Å². The third-order valence-electron chi connectivity index (χ3n) is 3.07. The van der Waals surface area contributed by atoms with E-state index < -0.39 is 0 Å². The van der Waals surface area contributed by atoms with Crippen LogP contribution in [0.15, 0.2) is 12.2 Å². The molecule has 1 aliphatic carbocycles. The number of fused-ring (bicyclic) bond motifs is 1. The van der Waals surface area contributed by atoms with Crippen LogP contribution in [0.5, 0.6) is 0 Å². The lowest BCUT2D eigenvalue weighted by atomic mass is 9.78. The molecule has 2 heteroatoms. The summed E-state index contributed by atoms with van der Waals surface area (Å²) < 4.78 is 5.05. The van der Waals surface area contributed by atoms with Crippen molar-refractivity contribution in [2.24, 2.45) is 11.3 Å². The Bertz CT molecular complexity index is 311. The minimum absolute atomic E-state index is 0.0175.